The minimum absolute atomic E-state index is 0.00557. The summed E-state index contributed by atoms with van der Waals surface area (Å²) in [6, 6.07) is 3.85. The van der Waals surface area contributed by atoms with Crippen molar-refractivity contribution in [2.24, 2.45) is 5.92 Å². The highest BCUT2D eigenvalue weighted by Gasteiger charge is 2.25. The van der Waals surface area contributed by atoms with Gasteiger partial charge in [0, 0.05) is 19.5 Å². The monoisotopic (exact) mass is 430 g/mol. The highest BCUT2D eigenvalue weighted by atomic mass is 35.5. The van der Waals surface area contributed by atoms with E-state index in [0.717, 1.165) is 11.4 Å². The van der Waals surface area contributed by atoms with Crippen LogP contribution in [0.5, 0.6) is 0 Å². The van der Waals surface area contributed by atoms with Crippen molar-refractivity contribution in [1.29, 1.82) is 0 Å². The number of amides is 1. The number of hydrogen-bond acceptors (Lipinski definition) is 6. The second-order valence-corrected chi connectivity index (χ2v) is 10.3. The first kappa shape index (κ1) is 21.7. The lowest BCUT2D eigenvalue weighted by atomic mass is 10.1. The van der Waals surface area contributed by atoms with Crippen LogP contribution in [0, 0.1) is 5.92 Å². The number of sulfonamides is 1. The molecule has 0 aliphatic carbocycles. The standard InChI is InChI=1S/C17H23ClN4O3S2/c1-10(2)8-15-20-21-17(26-15)19-16(23)13-9-12(6-7-14(13)18)27(24,25)22(5)11(3)4/h6-7,9-11H,8H2,1-5H3,(H,19,21,23). The SMILES string of the molecule is CC(C)Cc1nnc(NC(=O)c2cc(S(=O)(=O)N(C)C(C)C)ccc2Cl)s1. The largest absolute Gasteiger partial charge is 0.296 e. The van der Waals surface area contributed by atoms with Crippen molar-refractivity contribution in [1.82, 2.24) is 14.5 Å². The summed E-state index contributed by atoms with van der Waals surface area (Å²) in [5.41, 5.74) is 0.0653. The Labute approximate surface area is 168 Å². The van der Waals surface area contributed by atoms with Crippen LogP contribution >= 0.6 is 22.9 Å². The lowest BCUT2D eigenvalue weighted by Crippen LogP contribution is -2.33. The van der Waals surface area contributed by atoms with Crippen LogP contribution in [0.1, 0.15) is 43.1 Å². The smallest absolute Gasteiger partial charge is 0.259 e. The average Bonchev–Trinajstić information content (AvgIpc) is 3.00. The fourth-order valence-corrected chi connectivity index (χ4v) is 4.73. The molecule has 0 aliphatic heterocycles. The quantitative estimate of drug-likeness (QED) is 0.723. The van der Waals surface area contributed by atoms with E-state index < -0.39 is 15.9 Å². The van der Waals surface area contributed by atoms with Gasteiger partial charge < -0.3 is 0 Å². The van der Waals surface area contributed by atoms with Crippen LogP contribution in [0.4, 0.5) is 5.13 Å². The second-order valence-electron chi connectivity index (χ2n) is 6.81. The molecular weight excluding hydrogens is 408 g/mol. The van der Waals surface area contributed by atoms with Gasteiger partial charge in [-0.05, 0) is 38.0 Å². The molecule has 2 aromatic rings. The zero-order valence-corrected chi connectivity index (χ0v) is 18.2. The van der Waals surface area contributed by atoms with Gasteiger partial charge in [-0.2, -0.15) is 4.31 Å². The van der Waals surface area contributed by atoms with Gasteiger partial charge in [0.2, 0.25) is 15.2 Å². The highest BCUT2D eigenvalue weighted by molar-refractivity contribution is 7.89. The number of rotatable bonds is 7. The first-order valence-corrected chi connectivity index (χ1v) is 11.1. The molecule has 1 aromatic carbocycles. The molecule has 1 amide bonds. The fraction of sp³-hybridized carbons (Fsp3) is 0.471. The van der Waals surface area contributed by atoms with Crippen LogP contribution in [0.15, 0.2) is 23.1 Å². The summed E-state index contributed by atoms with van der Waals surface area (Å²) in [6.07, 6.45) is 0.767. The van der Waals surface area contributed by atoms with E-state index in [0.29, 0.717) is 11.0 Å². The van der Waals surface area contributed by atoms with Crippen LogP contribution in [-0.4, -0.2) is 41.9 Å². The summed E-state index contributed by atoms with van der Waals surface area (Å²) in [7, 11) is -2.23. The van der Waals surface area contributed by atoms with Gasteiger partial charge in [-0.1, -0.05) is 36.8 Å². The van der Waals surface area contributed by atoms with E-state index in [-0.39, 0.29) is 21.5 Å². The maximum atomic E-state index is 12.7. The molecule has 7 nitrogen and oxygen atoms in total. The van der Waals surface area contributed by atoms with E-state index in [2.05, 4.69) is 29.4 Å². The van der Waals surface area contributed by atoms with E-state index in [4.69, 9.17) is 11.6 Å². The Morgan fingerprint density at radius 3 is 2.52 bits per heavy atom. The molecule has 0 aliphatic rings. The third-order valence-corrected chi connectivity index (χ3v) is 7.08. The molecule has 27 heavy (non-hydrogen) atoms. The van der Waals surface area contributed by atoms with Crippen molar-refractivity contribution in [2.75, 3.05) is 12.4 Å². The molecule has 1 heterocycles. The number of nitrogens with one attached hydrogen (secondary N) is 1. The maximum absolute atomic E-state index is 12.7. The van der Waals surface area contributed by atoms with Gasteiger partial charge >= 0.3 is 0 Å². The Kier molecular flexibility index (Phi) is 6.96. The number of aromatic nitrogens is 2. The van der Waals surface area contributed by atoms with Crippen molar-refractivity contribution < 1.29 is 13.2 Å². The van der Waals surface area contributed by atoms with Crippen molar-refractivity contribution in [3.05, 3.63) is 33.8 Å². The Morgan fingerprint density at radius 1 is 1.26 bits per heavy atom. The zero-order valence-electron chi connectivity index (χ0n) is 15.9. The molecule has 1 N–H and O–H groups in total. The molecule has 0 saturated carbocycles. The molecule has 0 bridgehead atoms. The predicted molar refractivity (Wildman–Crippen MR) is 108 cm³/mol. The van der Waals surface area contributed by atoms with Gasteiger partial charge in [0.25, 0.3) is 5.91 Å². The summed E-state index contributed by atoms with van der Waals surface area (Å²) >= 11 is 7.41. The number of nitrogens with zero attached hydrogens (tertiary/aromatic N) is 3. The maximum Gasteiger partial charge on any atom is 0.259 e. The van der Waals surface area contributed by atoms with Gasteiger partial charge in [0.15, 0.2) is 0 Å². The summed E-state index contributed by atoms with van der Waals surface area (Å²) < 4.78 is 26.5. The van der Waals surface area contributed by atoms with Crippen LogP contribution in [0.3, 0.4) is 0 Å². The Hall–Kier alpha value is -1.55. The van der Waals surface area contributed by atoms with Crippen molar-refractivity contribution in [3.8, 4) is 0 Å². The molecule has 0 saturated heterocycles. The summed E-state index contributed by atoms with van der Waals surface area (Å²) in [5.74, 6) is -0.104. The lowest BCUT2D eigenvalue weighted by Gasteiger charge is -2.21. The van der Waals surface area contributed by atoms with Crippen LogP contribution in [0.25, 0.3) is 0 Å². The molecule has 0 radical (unpaired) electrons. The minimum Gasteiger partial charge on any atom is -0.296 e. The molecule has 2 rings (SSSR count). The first-order valence-electron chi connectivity index (χ1n) is 8.43. The molecule has 0 spiro atoms. The van der Waals surface area contributed by atoms with Crippen LogP contribution in [-0.2, 0) is 16.4 Å². The van der Waals surface area contributed by atoms with E-state index >= 15 is 0 Å². The fourth-order valence-electron chi connectivity index (χ4n) is 2.18. The van der Waals surface area contributed by atoms with Crippen LogP contribution < -0.4 is 5.32 Å². The van der Waals surface area contributed by atoms with Gasteiger partial charge in [-0.25, -0.2) is 8.42 Å². The number of carbonyl (C=O) groups excluding carboxylic acids is 1. The van der Waals surface area contributed by atoms with Gasteiger partial charge in [0.1, 0.15) is 5.01 Å². The van der Waals surface area contributed by atoms with E-state index in [1.54, 1.807) is 13.8 Å². The van der Waals surface area contributed by atoms with E-state index in [1.807, 2.05) is 0 Å². The lowest BCUT2D eigenvalue weighted by molar-refractivity contribution is 0.102. The van der Waals surface area contributed by atoms with Crippen LogP contribution in [0.2, 0.25) is 5.02 Å². The Bertz CT molecular complexity index is 926. The molecule has 0 unspecified atom stereocenters. The zero-order chi connectivity index (χ0) is 20.4. The predicted octanol–water partition coefficient (Wildman–Crippen LogP) is 3.67. The second kappa shape index (κ2) is 8.64. The Balaban J connectivity index is 2.27. The number of benzene rings is 1. The van der Waals surface area contributed by atoms with E-state index in [1.165, 1.54) is 40.9 Å². The van der Waals surface area contributed by atoms with E-state index in [9.17, 15) is 13.2 Å². The number of halogens is 1. The van der Waals surface area contributed by atoms with Crippen molar-refractivity contribution in [3.63, 3.8) is 0 Å². The molecular formula is C17H23ClN4O3S2. The number of hydrogen-bond donors (Lipinski definition) is 1. The van der Waals surface area contributed by atoms with Gasteiger partial charge in [-0.3, -0.25) is 10.1 Å². The minimum atomic E-state index is -3.72. The molecule has 10 heteroatoms. The first-order chi connectivity index (χ1) is 12.5. The summed E-state index contributed by atoms with van der Waals surface area (Å²) in [6.45, 7) is 7.68. The highest BCUT2D eigenvalue weighted by Crippen LogP contribution is 2.25. The number of anilines is 1. The molecule has 0 fully saturated rings. The molecule has 0 atom stereocenters. The van der Waals surface area contributed by atoms with Gasteiger partial charge in [-0.15, -0.1) is 10.2 Å². The average molecular weight is 431 g/mol. The molecule has 1 aromatic heterocycles. The normalized spacial score (nSPS) is 12.2. The topological polar surface area (TPSA) is 92.3 Å². The Morgan fingerprint density at radius 2 is 1.93 bits per heavy atom. The van der Waals surface area contributed by atoms with Gasteiger partial charge in [0.05, 0.1) is 15.5 Å². The van der Waals surface area contributed by atoms with Crippen molar-refractivity contribution >= 4 is 44.0 Å². The molecule has 148 valence electrons. The third-order valence-electron chi connectivity index (χ3n) is 3.86. The third kappa shape index (κ3) is 5.25. The number of carbonyl (C=O) groups is 1. The van der Waals surface area contributed by atoms with Crippen molar-refractivity contribution in [2.45, 2.75) is 45.1 Å². The summed E-state index contributed by atoms with van der Waals surface area (Å²) in [5, 5.41) is 12.0. The summed E-state index contributed by atoms with van der Waals surface area (Å²) in [4.78, 5) is 12.6.